The van der Waals surface area contributed by atoms with E-state index < -0.39 is 36.5 Å². The first-order valence-corrected chi connectivity index (χ1v) is 9.00. The van der Waals surface area contributed by atoms with E-state index in [2.05, 4.69) is 0 Å². The first kappa shape index (κ1) is 13.8. The number of carboxylic acids is 1. The van der Waals surface area contributed by atoms with E-state index in [1.807, 2.05) is 0 Å². The second-order valence-electron chi connectivity index (χ2n) is 4.91. The summed E-state index contributed by atoms with van der Waals surface area (Å²) in [4.78, 5) is 11.2. The molecule has 0 unspecified atom stereocenters. The van der Waals surface area contributed by atoms with Gasteiger partial charge in [0.15, 0.2) is 9.84 Å². The zero-order valence-electron chi connectivity index (χ0n) is 9.87. The Morgan fingerprint density at radius 1 is 1.44 bits per heavy atom. The van der Waals surface area contributed by atoms with Gasteiger partial charge in [0.1, 0.15) is 4.75 Å². The summed E-state index contributed by atoms with van der Waals surface area (Å²) in [6.07, 6.45) is 1.14. The summed E-state index contributed by atoms with van der Waals surface area (Å²) in [6.45, 7) is -0.160. The normalized spacial score (nSPS) is 36.2. The van der Waals surface area contributed by atoms with Gasteiger partial charge < -0.3 is 5.11 Å². The Morgan fingerprint density at radius 2 is 2.06 bits per heavy atom. The first-order valence-electron chi connectivity index (χ1n) is 5.50. The van der Waals surface area contributed by atoms with Gasteiger partial charge in [-0.1, -0.05) is 0 Å². The maximum Gasteiger partial charge on any atom is 0.308 e. The molecule has 0 aromatic heterocycles. The van der Waals surface area contributed by atoms with Crippen LogP contribution in [0.3, 0.4) is 0 Å². The molecule has 9 heteroatoms. The van der Waals surface area contributed by atoms with Crippen molar-refractivity contribution < 1.29 is 26.7 Å². The van der Waals surface area contributed by atoms with E-state index in [4.69, 9.17) is 5.11 Å². The number of rotatable bonds is 2. The molecule has 0 aromatic carbocycles. The minimum absolute atomic E-state index is 0.0648. The van der Waals surface area contributed by atoms with Crippen LogP contribution >= 0.6 is 0 Å². The number of carbonyl (C=O) groups is 1. The highest BCUT2D eigenvalue weighted by Crippen LogP contribution is 2.45. The Morgan fingerprint density at radius 3 is 2.50 bits per heavy atom. The van der Waals surface area contributed by atoms with Gasteiger partial charge in [-0.25, -0.2) is 21.1 Å². The van der Waals surface area contributed by atoms with E-state index in [1.54, 1.807) is 0 Å². The number of nitrogens with zero attached hydrogens (tertiary/aromatic N) is 1. The molecule has 7 nitrogen and oxygen atoms in total. The predicted octanol–water partition coefficient (Wildman–Crippen LogP) is -1.09. The fourth-order valence-corrected chi connectivity index (χ4v) is 6.23. The van der Waals surface area contributed by atoms with E-state index in [-0.39, 0.29) is 31.7 Å². The third-order valence-electron chi connectivity index (χ3n) is 3.93. The lowest BCUT2D eigenvalue weighted by atomic mass is 9.89. The topological polar surface area (TPSA) is 109 Å². The number of sulfone groups is 1. The van der Waals surface area contributed by atoms with Crippen LogP contribution in [0.2, 0.25) is 0 Å². The average Bonchev–Trinajstić information content (AvgIpc) is 2.71. The van der Waals surface area contributed by atoms with Crippen molar-refractivity contribution in [1.29, 1.82) is 0 Å². The van der Waals surface area contributed by atoms with E-state index >= 15 is 0 Å². The highest BCUT2D eigenvalue weighted by Gasteiger charge is 2.61. The predicted molar refractivity (Wildman–Crippen MR) is 63.3 cm³/mol. The summed E-state index contributed by atoms with van der Waals surface area (Å²) in [5, 5.41) is 9.13. The number of hydrogen-bond acceptors (Lipinski definition) is 5. The molecule has 2 aliphatic heterocycles. The third kappa shape index (κ3) is 1.84. The molecule has 0 radical (unpaired) electrons. The summed E-state index contributed by atoms with van der Waals surface area (Å²) in [5.41, 5.74) is 0. The number of carboxylic acid groups (broad SMARTS) is 1. The minimum Gasteiger partial charge on any atom is -0.481 e. The Bertz CT molecular complexity index is 580. The first-order chi connectivity index (χ1) is 8.10. The largest absolute Gasteiger partial charge is 0.481 e. The van der Waals surface area contributed by atoms with Crippen LogP contribution in [-0.2, 0) is 24.7 Å². The van der Waals surface area contributed by atoms with Crippen molar-refractivity contribution in [2.75, 3.05) is 25.1 Å². The zero-order valence-corrected chi connectivity index (χ0v) is 11.5. The fraction of sp³-hybridized carbons (Fsp3) is 0.889. The highest BCUT2D eigenvalue weighted by molar-refractivity contribution is 7.93. The van der Waals surface area contributed by atoms with Gasteiger partial charge in [0.25, 0.3) is 0 Å². The molecule has 0 bridgehead atoms. The van der Waals surface area contributed by atoms with Gasteiger partial charge in [-0.15, -0.1) is 0 Å². The second kappa shape index (κ2) is 3.91. The Kier molecular flexibility index (Phi) is 2.99. The van der Waals surface area contributed by atoms with E-state index in [0.29, 0.717) is 0 Å². The van der Waals surface area contributed by atoms with Gasteiger partial charge >= 0.3 is 5.97 Å². The number of aliphatic carboxylic acids is 1. The standard InChI is InChI=1S/C9H15NO6S2/c1-17(13,14)10-4-3-9(6-10)7(8(11)12)2-5-18(9,15)16/h7H,2-6H2,1H3,(H,11,12)/t7-,9+/m0/s1. The molecule has 2 rings (SSSR count). The summed E-state index contributed by atoms with van der Waals surface area (Å²) in [7, 11) is -7.05. The molecular weight excluding hydrogens is 282 g/mol. The maximum atomic E-state index is 12.1. The smallest absolute Gasteiger partial charge is 0.308 e. The summed E-state index contributed by atoms with van der Waals surface area (Å²) >= 11 is 0. The molecule has 0 saturated carbocycles. The third-order valence-corrected chi connectivity index (χ3v) is 7.80. The van der Waals surface area contributed by atoms with Crippen LogP contribution in [0, 0.1) is 5.92 Å². The Labute approximate surface area is 106 Å². The van der Waals surface area contributed by atoms with Crippen molar-refractivity contribution in [2.24, 2.45) is 5.92 Å². The van der Waals surface area contributed by atoms with Gasteiger partial charge in [0.2, 0.25) is 10.0 Å². The quantitative estimate of drug-likeness (QED) is 0.693. The molecule has 2 heterocycles. The second-order valence-corrected chi connectivity index (χ2v) is 9.34. The molecule has 18 heavy (non-hydrogen) atoms. The van der Waals surface area contributed by atoms with Gasteiger partial charge in [-0.2, -0.15) is 0 Å². The van der Waals surface area contributed by atoms with Crippen LogP contribution < -0.4 is 0 Å². The van der Waals surface area contributed by atoms with Crippen molar-refractivity contribution in [2.45, 2.75) is 17.6 Å². The van der Waals surface area contributed by atoms with Crippen molar-refractivity contribution in [1.82, 2.24) is 4.31 Å². The monoisotopic (exact) mass is 297 g/mol. The van der Waals surface area contributed by atoms with Crippen molar-refractivity contribution in [3.8, 4) is 0 Å². The maximum absolute atomic E-state index is 12.1. The summed E-state index contributed by atoms with van der Waals surface area (Å²) in [5.74, 6) is -2.35. The summed E-state index contributed by atoms with van der Waals surface area (Å²) < 4.78 is 46.7. The molecule has 0 aromatic rings. The van der Waals surface area contributed by atoms with Crippen molar-refractivity contribution in [3.63, 3.8) is 0 Å². The lowest BCUT2D eigenvalue weighted by Gasteiger charge is -2.26. The van der Waals surface area contributed by atoms with Crippen LogP contribution in [0.15, 0.2) is 0 Å². The molecular formula is C9H15NO6S2. The molecule has 2 fully saturated rings. The van der Waals surface area contributed by atoms with Crippen LogP contribution in [-0.4, -0.2) is 62.1 Å². The molecule has 0 amide bonds. The average molecular weight is 297 g/mol. The zero-order chi connectivity index (χ0) is 13.8. The van der Waals surface area contributed by atoms with E-state index in [1.165, 1.54) is 0 Å². The summed E-state index contributed by atoms with van der Waals surface area (Å²) in [6, 6.07) is 0. The lowest BCUT2D eigenvalue weighted by Crippen LogP contribution is -2.46. The lowest BCUT2D eigenvalue weighted by molar-refractivity contribution is -0.142. The minimum atomic E-state index is -3.56. The van der Waals surface area contributed by atoms with Crippen LogP contribution in [0.1, 0.15) is 12.8 Å². The van der Waals surface area contributed by atoms with Crippen LogP contribution in [0.4, 0.5) is 0 Å². The molecule has 2 atom stereocenters. The molecule has 0 aliphatic carbocycles. The van der Waals surface area contributed by atoms with Gasteiger partial charge in [-0.3, -0.25) is 4.79 Å². The van der Waals surface area contributed by atoms with Crippen molar-refractivity contribution >= 4 is 25.8 Å². The van der Waals surface area contributed by atoms with Gasteiger partial charge in [0, 0.05) is 13.1 Å². The van der Waals surface area contributed by atoms with E-state index in [0.717, 1.165) is 10.6 Å². The van der Waals surface area contributed by atoms with Gasteiger partial charge in [0.05, 0.1) is 17.9 Å². The van der Waals surface area contributed by atoms with Crippen LogP contribution in [0.25, 0.3) is 0 Å². The Balaban J connectivity index is 2.44. The van der Waals surface area contributed by atoms with Crippen LogP contribution in [0.5, 0.6) is 0 Å². The molecule has 2 aliphatic rings. The Hall–Kier alpha value is -0.670. The molecule has 2 saturated heterocycles. The molecule has 1 N–H and O–H groups in total. The molecule has 1 spiro atoms. The van der Waals surface area contributed by atoms with Gasteiger partial charge in [-0.05, 0) is 12.8 Å². The fourth-order valence-electron chi connectivity index (χ4n) is 2.90. The molecule has 104 valence electrons. The highest BCUT2D eigenvalue weighted by atomic mass is 32.2. The van der Waals surface area contributed by atoms with Crippen molar-refractivity contribution in [3.05, 3.63) is 0 Å². The SMILES string of the molecule is CS(=O)(=O)N1CC[C@@]2(C1)[C@H](C(=O)O)CCS2(=O)=O. The number of hydrogen-bond donors (Lipinski definition) is 1. The van der Waals surface area contributed by atoms with E-state index in [9.17, 15) is 21.6 Å². The number of sulfonamides is 1.